The summed E-state index contributed by atoms with van der Waals surface area (Å²) >= 11 is 0. The van der Waals surface area contributed by atoms with Gasteiger partial charge in [-0.2, -0.15) is 0 Å². The van der Waals surface area contributed by atoms with Gasteiger partial charge in [-0.05, 0) is 76.1 Å². The topological polar surface area (TPSA) is 186 Å². The number of fused-ring (bicyclic) bond motifs is 1. The molecule has 324 valence electrons. The van der Waals surface area contributed by atoms with Crippen molar-refractivity contribution in [3.63, 3.8) is 0 Å². The Morgan fingerprint density at radius 1 is 0.948 bits per heavy atom. The minimum Gasteiger partial charge on any atom is -0.497 e. The molecule has 0 saturated heterocycles. The zero-order valence-electron chi connectivity index (χ0n) is 37.4. The SMILES string of the molecule is CCOC(=O)[C@@H](CCC(=O)O)NC(=O)/C(C)=C/[C@H](C(C)C)N(C)C(=O)C(NC(=O)[C@@H](N(C)C(=O)OC(C)(C)C)C(C)(C)c1cn(C)c2ccc(OC)cc12)C(C)(C)C. The summed E-state index contributed by atoms with van der Waals surface area (Å²) in [6.07, 6.45) is 2.28. The van der Waals surface area contributed by atoms with Crippen molar-refractivity contribution >= 4 is 46.7 Å². The number of ether oxygens (including phenoxy) is 3. The van der Waals surface area contributed by atoms with E-state index in [1.165, 1.54) is 23.8 Å². The molecule has 1 aromatic heterocycles. The lowest BCUT2D eigenvalue weighted by molar-refractivity contribution is -0.147. The minimum absolute atomic E-state index is 0.0504. The Morgan fingerprint density at radius 3 is 2.05 bits per heavy atom. The first-order valence-corrected chi connectivity index (χ1v) is 19.6. The van der Waals surface area contributed by atoms with Crippen LogP contribution in [0.3, 0.4) is 0 Å². The van der Waals surface area contributed by atoms with Gasteiger partial charge in [-0.3, -0.25) is 24.1 Å². The van der Waals surface area contributed by atoms with Gasteiger partial charge in [0.2, 0.25) is 17.7 Å². The molecule has 15 nitrogen and oxygen atoms in total. The van der Waals surface area contributed by atoms with Crippen LogP contribution in [0.5, 0.6) is 5.75 Å². The van der Waals surface area contributed by atoms with E-state index in [0.29, 0.717) is 5.75 Å². The highest BCUT2D eigenvalue weighted by Gasteiger charge is 2.47. The number of aromatic nitrogens is 1. The van der Waals surface area contributed by atoms with E-state index in [2.05, 4.69) is 10.6 Å². The van der Waals surface area contributed by atoms with Gasteiger partial charge in [0.25, 0.3) is 0 Å². The van der Waals surface area contributed by atoms with Crippen LogP contribution >= 0.6 is 0 Å². The minimum atomic E-state index is -1.18. The van der Waals surface area contributed by atoms with Crippen LogP contribution in [0.15, 0.2) is 36.0 Å². The maximum absolute atomic E-state index is 14.9. The summed E-state index contributed by atoms with van der Waals surface area (Å²) in [5, 5.41) is 15.6. The maximum atomic E-state index is 14.9. The zero-order valence-corrected chi connectivity index (χ0v) is 37.4. The average Bonchev–Trinajstić information content (AvgIpc) is 3.45. The quantitative estimate of drug-likeness (QED) is 0.135. The van der Waals surface area contributed by atoms with E-state index in [9.17, 15) is 28.8 Å². The van der Waals surface area contributed by atoms with Crippen molar-refractivity contribution in [2.24, 2.45) is 18.4 Å². The molecule has 0 saturated carbocycles. The summed E-state index contributed by atoms with van der Waals surface area (Å²) in [4.78, 5) is 83.1. The number of hydrogen-bond donors (Lipinski definition) is 3. The highest BCUT2D eigenvalue weighted by molar-refractivity contribution is 5.97. The third-order valence-corrected chi connectivity index (χ3v) is 10.1. The summed E-state index contributed by atoms with van der Waals surface area (Å²) in [6.45, 7) is 21.4. The number of nitrogens with zero attached hydrogens (tertiary/aromatic N) is 3. The summed E-state index contributed by atoms with van der Waals surface area (Å²) in [5.74, 6) is -3.12. The molecule has 1 aromatic carbocycles. The number of nitrogens with one attached hydrogen (secondary N) is 2. The van der Waals surface area contributed by atoms with E-state index in [-0.39, 0.29) is 30.9 Å². The van der Waals surface area contributed by atoms with Crippen molar-refractivity contribution in [3.05, 3.63) is 41.6 Å². The summed E-state index contributed by atoms with van der Waals surface area (Å²) in [7, 11) is 6.57. The number of likely N-dealkylation sites (N-methyl/N-ethyl adjacent to an activating group) is 2. The molecule has 0 aliphatic rings. The number of methoxy groups -OCH3 is 1. The molecular weight excluding hydrogens is 746 g/mol. The van der Waals surface area contributed by atoms with E-state index < -0.39 is 76.4 Å². The van der Waals surface area contributed by atoms with Gasteiger partial charge < -0.3 is 39.4 Å². The number of rotatable bonds is 17. The Balaban J connectivity index is 2.62. The first-order valence-electron chi connectivity index (χ1n) is 19.6. The lowest BCUT2D eigenvalue weighted by Gasteiger charge is -2.42. The molecular formula is C43H67N5O10. The van der Waals surface area contributed by atoms with Gasteiger partial charge in [-0.25, -0.2) is 9.59 Å². The molecule has 0 spiro atoms. The molecule has 3 N–H and O–H groups in total. The van der Waals surface area contributed by atoms with Crippen LogP contribution < -0.4 is 15.4 Å². The van der Waals surface area contributed by atoms with Crippen LogP contribution in [0.2, 0.25) is 0 Å². The van der Waals surface area contributed by atoms with Gasteiger partial charge in [0.05, 0.1) is 19.8 Å². The summed E-state index contributed by atoms with van der Waals surface area (Å²) < 4.78 is 18.3. The number of carboxylic acids is 1. The number of carbonyl (C=O) groups is 6. The second-order valence-corrected chi connectivity index (χ2v) is 17.8. The van der Waals surface area contributed by atoms with Crippen molar-refractivity contribution in [1.29, 1.82) is 0 Å². The van der Waals surface area contributed by atoms with Crippen LogP contribution in [0.25, 0.3) is 10.9 Å². The zero-order chi connectivity index (χ0) is 44.7. The number of amides is 4. The molecule has 58 heavy (non-hydrogen) atoms. The molecule has 15 heteroatoms. The van der Waals surface area contributed by atoms with Gasteiger partial charge in [0.15, 0.2) is 0 Å². The standard InChI is InChI=1S/C43H67N5O10/c1-17-57-39(54)30(19-21-33(49)50)44-36(51)26(4)22-32(25(2)3)47(14)38(53)34(41(5,6)7)45-37(52)35(48(15)40(55)58-42(8,9)10)43(11,12)29-24-46(13)31-20-18-27(56-16)23-28(29)31/h18,20,22-25,30,32,34-35H,17,19,21H2,1-16H3,(H,44,51)(H,45,52)(H,49,50)/b26-22+/t30-,32-,34?,35-/m1/s1. The van der Waals surface area contributed by atoms with E-state index in [1.54, 1.807) is 47.9 Å². The molecule has 2 aromatic rings. The van der Waals surface area contributed by atoms with Gasteiger partial charge in [-0.1, -0.05) is 54.5 Å². The van der Waals surface area contributed by atoms with E-state index in [1.807, 2.05) is 84.5 Å². The van der Waals surface area contributed by atoms with Crippen molar-refractivity contribution < 1.29 is 48.1 Å². The number of aliphatic carboxylic acids is 1. The van der Waals surface area contributed by atoms with Crippen molar-refractivity contribution in [3.8, 4) is 5.75 Å². The van der Waals surface area contributed by atoms with E-state index >= 15 is 0 Å². The van der Waals surface area contributed by atoms with Crippen molar-refractivity contribution in [2.45, 2.75) is 131 Å². The van der Waals surface area contributed by atoms with Crippen LogP contribution in [0, 0.1) is 11.3 Å². The molecule has 1 heterocycles. The van der Waals surface area contributed by atoms with Crippen LogP contribution in [-0.4, -0.2) is 113 Å². The normalized spacial score (nSPS) is 14.5. The molecule has 0 aliphatic heterocycles. The average molecular weight is 814 g/mol. The number of carbonyl (C=O) groups excluding carboxylic acids is 5. The van der Waals surface area contributed by atoms with Gasteiger partial charge in [-0.15, -0.1) is 0 Å². The Bertz CT molecular complexity index is 1850. The summed E-state index contributed by atoms with van der Waals surface area (Å²) in [6, 6.07) is 1.55. The van der Waals surface area contributed by atoms with Gasteiger partial charge in [0.1, 0.15) is 29.5 Å². The third kappa shape index (κ3) is 12.5. The van der Waals surface area contributed by atoms with E-state index in [0.717, 1.165) is 16.5 Å². The van der Waals surface area contributed by atoms with Crippen LogP contribution in [0.4, 0.5) is 4.79 Å². The first kappa shape index (κ1) is 49.1. The molecule has 2 rings (SSSR count). The Kier molecular flexibility index (Phi) is 16.6. The Morgan fingerprint density at radius 2 is 1.55 bits per heavy atom. The molecule has 4 atom stereocenters. The van der Waals surface area contributed by atoms with Crippen molar-refractivity contribution in [2.75, 3.05) is 27.8 Å². The third-order valence-electron chi connectivity index (χ3n) is 10.1. The lowest BCUT2D eigenvalue weighted by Crippen LogP contribution is -2.63. The number of carboxylic acid groups (broad SMARTS) is 1. The van der Waals surface area contributed by atoms with E-state index in [4.69, 9.17) is 19.3 Å². The monoisotopic (exact) mass is 813 g/mol. The molecule has 0 aliphatic carbocycles. The molecule has 0 bridgehead atoms. The van der Waals surface area contributed by atoms with Crippen LogP contribution in [-0.2, 0) is 45.9 Å². The molecule has 0 radical (unpaired) electrons. The summed E-state index contributed by atoms with van der Waals surface area (Å²) in [5.41, 5.74) is -0.905. The second kappa shape index (κ2) is 19.6. The number of hydrogen-bond acceptors (Lipinski definition) is 9. The smallest absolute Gasteiger partial charge is 0.410 e. The fraction of sp³-hybridized carbons (Fsp3) is 0.628. The predicted molar refractivity (Wildman–Crippen MR) is 222 cm³/mol. The Hall–Kier alpha value is -5.08. The van der Waals surface area contributed by atoms with Gasteiger partial charge in [0, 0.05) is 55.7 Å². The molecule has 0 fully saturated rings. The fourth-order valence-electron chi connectivity index (χ4n) is 6.92. The van der Waals surface area contributed by atoms with Crippen LogP contribution in [0.1, 0.15) is 101 Å². The lowest BCUT2D eigenvalue weighted by atomic mass is 9.76. The fourth-order valence-corrected chi connectivity index (χ4v) is 6.92. The predicted octanol–water partition coefficient (Wildman–Crippen LogP) is 5.57. The highest BCUT2D eigenvalue weighted by atomic mass is 16.6. The number of benzene rings is 1. The molecule has 1 unspecified atom stereocenters. The first-order chi connectivity index (χ1) is 26.6. The second-order valence-electron chi connectivity index (χ2n) is 17.8. The number of aryl methyl sites for hydroxylation is 1. The highest BCUT2D eigenvalue weighted by Crippen LogP contribution is 2.38. The largest absolute Gasteiger partial charge is 0.497 e. The molecule has 4 amide bonds. The maximum Gasteiger partial charge on any atom is 0.410 e. The van der Waals surface area contributed by atoms with Gasteiger partial charge >= 0.3 is 18.0 Å². The number of esters is 1. The Labute approximate surface area is 343 Å². The van der Waals surface area contributed by atoms with Crippen molar-refractivity contribution in [1.82, 2.24) is 25.0 Å².